The summed E-state index contributed by atoms with van der Waals surface area (Å²) in [4.78, 5) is 15.0. The average molecular weight is 673 g/mol. The van der Waals surface area contributed by atoms with Gasteiger partial charge in [0, 0.05) is 37.2 Å². The van der Waals surface area contributed by atoms with E-state index >= 15 is 0 Å². The predicted molar refractivity (Wildman–Crippen MR) is 168 cm³/mol. The number of hydrogen-bond donors (Lipinski definition) is 2. The van der Waals surface area contributed by atoms with Gasteiger partial charge in [-0.25, -0.2) is 22.0 Å². The van der Waals surface area contributed by atoms with Gasteiger partial charge < -0.3 is 19.9 Å². The van der Waals surface area contributed by atoms with E-state index in [9.17, 15) is 31.9 Å². The number of aliphatic hydroxyl groups excluding tert-OH is 1. The molecule has 3 aliphatic rings. The summed E-state index contributed by atoms with van der Waals surface area (Å²) in [5.74, 6) is -12.5. The maximum absolute atomic E-state index is 14.1. The molecular weight excluding hydrogens is 631 g/mol. The lowest BCUT2D eigenvalue weighted by Gasteiger charge is -2.43. The average Bonchev–Trinajstić information content (AvgIpc) is 3.30. The van der Waals surface area contributed by atoms with Crippen LogP contribution in [0.4, 0.5) is 22.0 Å². The van der Waals surface area contributed by atoms with Crippen molar-refractivity contribution in [2.24, 2.45) is 16.7 Å². The Kier molecular flexibility index (Phi) is 9.45. The van der Waals surface area contributed by atoms with Crippen molar-refractivity contribution in [2.45, 2.75) is 84.6 Å². The van der Waals surface area contributed by atoms with Crippen molar-refractivity contribution in [3.8, 4) is 0 Å². The monoisotopic (exact) mass is 672 g/mol. The molecule has 6 nitrogen and oxygen atoms in total. The Labute approximate surface area is 277 Å². The molecule has 2 aliphatic heterocycles. The van der Waals surface area contributed by atoms with E-state index < -0.39 is 46.8 Å². The van der Waals surface area contributed by atoms with E-state index in [0.29, 0.717) is 17.2 Å². The van der Waals surface area contributed by atoms with Gasteiger partial charge in [-0.1, -0.05) is 76.2 Å². The number of aliphatic hydroxyl groups is 1. The maximum Gasteiger partial charge on any atom is 0.257 e. The highest BCUT2D eigenvalue weighted by atomic mass is 19.2. The molecule has 6 rings (SSSR count). The predicted octanol–water partition coefficient (Wildman–Crippen LogP) is 7.50. The molecule has 3 aromatic rings. The van der Waals surface area contributed by atoms with Crippen LogP contribution in [0, 0.1) is 45.8 Å². The number of carbonyl (C=O) groups excluding carboxylic acids is 1. The Balaban J connectivity index is 1.19. The third-order valence-electron chi connectivity index (χ3n) is 10.2. The molecule has 0 radical (unpaired) electrons. The Hall–Kier alpha value is -3.38. The molecule has 0 spiro atoms. The largest absolute Gasteiger partial charge is 0.392 e. The fourth-order valence-corrected chi connectivity index (χ4v) is 8.22. The minimum Gasteiger partial charge on any atom is -0.392 e. The number of likely N-dealkylation sites (tertiary alicyclic amines) is 1. The number of amides is 1. The number of hydrogen-bond acceptors (Lipinski definition) is 5. The highest BCUT2D eigenvalue weighted by Gasteiger charge is 2.51. The first kappa shape index (κ1) is 34.5. The molecule has 1 aliphatic carbocycles. The molecule has 11 heteroatoms. The summed E-state index contributed by atoms with van der Waals surface area (Å²) < 4.78 is 82.1. The Morgan fingerprint density at radius 1 is 0.854 bits per heavy atom. The van der Waals surface area contributed by atoms with Crippen LogP contribution in [-0.2, 0) is 22.6 Å². The summed E-state index contributed by atoms with van der Waals surface area (Å²) in [6.07, 6.45) is 2.32. The van der Waals surface area contributed by atoms with Crippen LogP contribution in [0.5, 0.6) is 0 Å². The van der Waals surface area contributed by atoms with Gasteiger partial charge in [0.2, 0.25) is 5.82 Å². The molecule has 1 saturated carbocycles. The smallest absolute Gasteiger partial charge is 0.257 e. The SMILES string of the molecule is C[C@H]1[C@@H](CN2CC3(C)CC2CC(C)(C)C3)O[C@@H](c2ccc(CNC(=O)c3c(F)c(F)c(F)c(F)c3F)cc2)O[C@H]1c1ccc(CO)cc1. The zero-order valence-electron chi connectivity index (χ0n) is 27.5. The minimum absolute atomic E-state index is 0.0129. The summed E-state index contributed by atoms with van der Waals surface area (Å²) in [5, 5.41) is 11.8. The summed E-state index contributed by atoms with van der Waals surface area (Å²) in [5.41, 5.74) is 2.02. The van der Waals surface area contributed by atoms with Crippen LogP contribution in [0.2, 0.25) is 0 Å². The van der Waals surface area contributed by atoms with E-state index in [1.807, 2.05) is 24.3 Å². The number of nitrogens with one attached hydrogen (secondary N) is 1. The van der Waals surface area contributed by atoms with Gasteiger partial charge in [0.1, 0.15) is 5.56 Å². The van der Waals surface area contributed by atoms with Gasteiger partial charge in [0.15, 0.2) is 29.6 Å². The molecule has 6 atom stereocenters. The van der Waals surface area contributed by atoms with Gasteiger partial charge >= 0.3 is 0 Å². The Bertz CT molecular complexity index is 1640. The summed E-state index contributed by atoms with van der Waals surface area (Å²) in [6, 6.07) is 15.0. The Morgan fingerprint density at radius 2 is 1.44 bits per heavy atom. The number of benzene rings is 3. The van der Waals surface area contributed by atoms with Gasteiger partial charge in [0.05, 0.1) is 18.8 Å². The molecule has 0 aromatic heterocycles. The first-order chi connectivity index (χ1) is 22.7. The fraction of sp³-hybridized carbons (Fsp3) is 0.486. The van der Waals surface area contributed by atoms with E-state index in [2.05, 4.69) is 37.9 Å². The summed E-state index contributed by atoms with van der Waals surface area (Å²) in [6.45, 7) is 10.7. The highest BCUT2D eigenvalue weighted by molar-refractivity contribution is 5.94. The maximum atomic E-state index is 14.1. The van der Waals surface area contributed by atoms with Crippen molar-refractivity contribution >= 4 is 5.91 Å². The second-order valence-electron chi connectivity index (χ2n) is 14.8. The van der Waals surface area contributed by atoms with Crippen molar-refractivity contribution < 1.29 is 41.3 Å². The number of carbonyl (C=O) groups is 1. The third-order valence-corrected chi connectivity index (χ3v) is 10.2. The van der Waals surface area contributed by atoms with Crippen LogP contribution in [0.3, 0.4) is 0 Å². The molecule has 2 unspecified atom stereocenters. The number of halogens is 5. The molecule has 2 heterocycles. The van der Waals surface area contributed by atoms with Crippen LogP contribution in [-0.4, -0.2) is 41.1 Å². The normalized spacial score (nSPS) is 28.4. The third kappa shape index (κ3) is 6.75. The number of ether oxygens (including phenoxy) is 2. The highest BCUT2D eigenvalue weighted by Crippen LogP contribution is 2.53. The second-order valence-corrected chi connectivity index (χ2v) is 14.8. The fourth-order valence-electron chi connectivity index (χ4n) is 8.22. The van der Waals surface area contributed by atoms with Gasteiger partial charge in [0.25, 0.3) is 5.91 Å². The molecule has 48 heavy (non-hydrogen) atoms. The zero-order valence-corrected chi connectivity index (χ0v) is 27.5. The van der Waals surface area contributed by atoms with Crippen molar-refractivity contribution in [2.75, 3.05) is 13.1 Å². The number of rotatable bonds is 8. The minimum atomic E-state index is -2.33. The molecule has 1 amide bonds. The molecule has 3 aromatic carbocycles. The molecule has 258 valence electrons. The van der Waals surface area contributed by atoms with Gasteiger partial charge in [-0.3, -0.25) is 9.69 Å². The van der Waals surface area contributed by atoms with Crippen LogP contribution < -0.4 is 5.32 Å². The van der Waals surface area contributed by atoms with E-state index in [0.717, 1.165) is 30.6 Å². The topological polar surface area (TPSA) is 71.0 Å². The summed E-state index contributed by atoms with van der Waals surface area (Å²) >= 11 is 0. The summed E-state index contributed by atoms with van der Waals surface area (Å²) in [7, 11) is 0. The molecule has 3 fully saturated rings. The lowest BCUT2D eigenvalue weighted by atomic mass is 9.65. The number of nitrogens with zero attached hydrogens (tertiary/aromatic N) is 1. The zero-order chi connectivity index (χ0) is 34.5. The lowest BCUT2D eigenvalue weighted by Crippen LogP contribution is -2.46. The van der Waals surface area contributed by atoms with Gasteiger partial charge in [-0.05, 0) is 46.8 Å². The first-order valence-corrected chi connectivity index (χ1v) is 16.3. The van der Waals surface area contributed by atoms with Crippen LogP contribution in [0.15, 0.2) is 48.5 Å². The van der Waals surface area contributed by atoms with Crippen molar-refractivity contribution in [1.82, 2.24) is 10.2 Å². The number of fused-ring (bicyclic) bond motifs is 2. The van der Waals surface area contributed by atoms with Crippen molar-refractivity contribution in [1.29, 1.82) is 0 Å². The van der Waals surface area contributed by atoms with E-state index in [1.165, 1.54) is 12.8 Å². The molecule has 2 saturated heterocycles. The second kappa shape index (κ2) is 13.2. The van der Waals surface area contributed by atoms with Gasteiger partial charge in [-0.2, -0.15) is 0 Å². The van der Waals surface area contributed by atoms with E-state index in [4.69, 9.17) is 9.47 Å². The molecular formula is C37H41F5N2O4. The molecule has 2 N–H and O–H groups in total. The quantitative estimate of drug-likeness (QED) is 0.147. The van der Waals surface area contributed by atoms with E-state index in [1.54, 1.807) is 24.3 Å². The van der Waals surface area contributed by atoms with Crippen LogP contribution in [0.1, 0.15) is 92.0 Å². The molecule has 2 bridgehead atoms. The van der Waals surface area contributed by atoms with Crippen molar-refractivity contribution in [3.05, 3.63) is 105 Å². The van der Waals surface area contributed by atoms with E-state index in [-0.39, 0.29) is 42.1 Å². The Morgan fingerprint density at radius 3 is 2.06 bits per heavy atom. The lowest BCUT2D eigenvalue weighted by molar-refractivity contribution is -0.276. The van der Waals surface area contributed by atoms with Crippen LogP contribution >= 0.6 is 0 Å². The van der Waals surface area contributed by atoms with Crippen molar-refractivity contribution in [3.63, 3.8) is 0 Å². The standard InChI is InChI=1S/C37H41F5N2O4/c1-20-26(16-44-19-37(4)14-25(44)13-36(2,3)18-37)47-35(48-33(20)23-9-7-22(17-45)8-10-23)24-11-5-21(6-12-24)15-43-34(46)27-28(38)30(40)32(42)31(41)29(27)39/h5-12,20,25-26,33,35,45H,13-19H2,1-4H3,(H,43,46)/t20-,25?,26+,33+,35+,37?/m0/s1. The first-order valence-electron chi connectivity index (χ1n) is 16.3. The van der Waals surface area contributed by atoms with Gasteiger partial charge in [-0.15, -0.1) is 0 Å². The van der Waals surface area contributed by atoms with Crippen LogP contribution in [0.25, 0.3) is 0 Å².